The minimum Gasteiger partial charge on any atom is -0.324 e. The molecule has 0 saturated heterocycles. The second-order valence-electron chi connectivity index (χ2n) is 5.89. The molecule has 0 fully saturated rings. The van der Waals surface area contributed by atoms with Crippen LogP contribution in [0.5, 0.6) is 0 Å². The first-order valence-corrected chi connectivity index (χ1v) is 6.40. The number of allylic oxidation sites excluding steroid dienone is 2. The van der Waals surface area contributed by atoms with Crippen molar-refractivity contribution in [3.8, 4) is 0 Å². The van der Waals surface area contributed by atoms with Crippen LogP contribution >= 0.6 is 0 Å². The zero-order valence-electron chi connectivity index (χ0n) is 11.6. The molecule has 94 valence electrons. The van der Waals surface area contributed by atoms with E-state index in [1.165, 1.54) is 12.0 Å². The zero-order valence-corrected chi connectivity index (χ0v) is 11.6. The van der Waals surface area contributed by atoms with Crippen LogP contribution in [0.3, 0.4) is 0 Å². The smallest absolute Gasteiger partial charge is 0.0223 e. The topological polar surface area (TPSA) is 26.0 Å². The lowest BCUT2D eigenvalue weighted by molar-refractivity contribution is 0.375. The molecule has 0 saturated carbocycles. The van der Waals surface area contributed by atoms with Crippen molar-refractivity contribution >= 4 is 0 Å². The summed E-state index contributed by atoms with van der Waals surface area (Å²) in [6, 6.07) is 0.223. The largest absolute Gasteiger partial charge is 0.324 e. The average molecular weight is 223 g/mol. The highest BCUT2D eigenvalue weighted by Crippen LogP contribution is 2.24. The van der Waals surface area contributed by atoms with Crippen LogP contribution in [-0.4, -0.2) is 6.04 Å². The Balaban J connectivity index is 3.59. The van der Waals surface area contributed by atoms with Gasteiger partial charge in [-0.3, -0.25) is 0 Å². The standard InChI is InChI=1S/C15H29N/c1-6-8-14(16)10-7-9-13(2)11-12-15(3,4)5/h6,8,14H,2,7,9-12,16H2,1,3-5H3/b8-6-/t14-/m1/s1. The normalized spacial score (nSPS) is 14.3. The number of nitrogens with two attached hydrogens (primary N) is 1. The van der Waals surface area contributed by atoms with Gasteiger partial charge in [0.25, 0.3) is 0 Å². The van der Waals surface area contributed by atoms with Crippen LogP contribution in [0.4, 0.5) is 0 Å². The quantitative estimate of drug-likeness (QED) is 0.634. The van der Waals surface area contributed by atoms with E-state index < -0.39 is 0 Å². The molecule has 1 heteroatoms. The van der Waals surface area contributed by atoms with Gasteiger partial charge in [0.15, 0.2) is 0 Å². The summed E-state index contributed by atoms with van der Waals surface area (Å²) in [4.78, 5) is 0. The summed E-state index contributed by atoms with van der Waals surface area (Å²) in [5.74, 6) is 0. The van der Waals surface area contributed by atoms with Crippen LogP contribution in [0.15, 0.2) is 24.3 Å². The Labute approximate surface area is 102 Å². The van der Waals surface area contributed by atoms with E-state index in [9.17, 15) is 0 Å². The van der Waals surface area contributed by atoms with E-state index in [0.717, 1.165) is 25.7 Å². The summed E-state index contributed by atoms with van der Waals surface area (Å²) in [5.41, 5.74) is 7.70. The molecule has 0 bridgehead atoms. The Hall–Kier alpha value is -0.560. The molecule has 1 atom stereocenters. The van der Waals surface area contributed by atoms with Crippen molar-refractivity contribution in [2.45, 2.75) is 65.8 Å². The van der Waals surface area contributed by atoms with Crippen molar-refractivity contribution in [3.05, 3.63) is 24.3 Å². The predicted molar refractivity (Wildman–Crippen MR) is 74.5 cm³/mol. The summed E-state index contributed by atoms with van der Waals surface area (Å²) in [7, 11) is 0. The fraction of sp³-hybridized carbons (Fsp3) is 0.733. The van der Waals surface area contributed by atoms with Gasteiger partial charge in [-0.05, 0) is 44.4 Å². The molecule has 16 heavy (non-hydrogen) atoms. The monoisotopic (exact) mass is 223 g/mol. The van der Waals surface area contributed by atoms with Gasteiger partial charge >= 0.3 is 0 Å². The highest BCUT2D eigenvalue weighted by Gasteiger charge is 2.10. The van der Waals surface area contributed by atoms with Gasteiger partial charge in [0.1, 0.15) is 0 Å². The third-order valence-electron chi connectivity index (χ3n) is 2.74. The first kappa shape index (κ1) is 15.4. The van der Waals surface area contributed by atoms with Crippen LogP contribution < -0.4 is 5.73 Å². The zero-order chi connectivity index (χ0) is 12.6. The van der Waals surface area contributed by atoms with E-state index in [2.05, 4.69) is 33.4 Å². The first-order valence-electron chi connectivity index (χ1n) is 6.40. The molecule has 0 radical (unpaired) electrons. The predicted octanol–water partition coefficient (Wildman–Crippen LogP) is 4.44. The highest BCUT2D eigenvalue weighted by atomic mass is 14.6. The van der Waals surface area contributed by atoms with E-state index in [1.807, 2.05) is 13.0 Å². The Morgan fingerprint density at radius 3 is 2.44 bits per heavy atom. The molecular formula is C15H29N. The Kier molecular flexibility index (Phi) is 7.40. The van der Waals surface area contributed by atoms with Crippen LogP contribution in [0.2, 0.25) is 0 Å². The van der Waals surface area contributed by atoms with Crippen LogP contribution in [0.1, 0.15) is 59.8 Å². The summed E-state index contributed by atoms with van der Waals surface area (Å²) >= 11 is 0. The van der Waals surface area contributed by atoms with Gasteiger partial charge in [-0.15, -0.1) is 0 Å². The maximum absolute atomic E-state index is 5.90. The molecule has 0 aliphatic heterocycles. The van der Waals surface area contributed by atoms with Crippen molar-refractivity contribution in [1.82, 2.24) is 0 Å². The molecule has 0 rings (SSSR count). The van der Waals surface area contributed by atoms with Crippen molar-refractivity contribution in [2.24, 2.45) is 11.1 Å². The average Bonchev–Trinajstić information content (AvgIpc) is 2.14. The fourth-order valence-electron chi connectivity index (χ4n) is 1.61. The number of hydrogen-bond donors (Lipinski definition) is 1. The van der Waals surface area contributed by atoms with Gasteiger partial charge in [-0.25, -0.2) is 0 Å². The van der Waals surface area contributed by atoms with Gasteiger partial charge in [-0.1, -0.05) is 45.1 Å². The first-order chi connectivity index (χ1) is 7.35. The van der Waals surface area contributed by atoms with Crippen LogP contribution in [0.25, 0.3) is 0 Å². The van der Waals surface area contributed by atoms with Crippen molar-refractivity contribution in [1.29, 1.82) is 0 Å². The van der Waals surface area contributed by atoms with E-state index in [1.54, 1.807) is 0 Å². The molecular weight excluding hydrogens is 194 g/mol. The second-order valence-corrected chi connectivity index (χ2v) is 5.89. The Bertz CT molecular complexity index is 220. The van der Waals surface area contributed by atoms with Crippen molar-refractivity contribution in [2.75, 3.05) is 0 Å². The lowest BCUT2D eigenvalue weighted by Crippen LogP contribution is -2.16. The van der Waals surface area contributed by atoms with Crippen LogP contribution in [0, 0.1) is 5.41 Å². The molecule has 0 aliphatic carbocycles. The minimum atomic E-state index is 0.223. The summed E-state index contributed by atoms with van der Waals surface area (Å²) in [5, 5.41) is 0. The molecule has 0 heterocycles. The molecule has 0 aliphatic rings. The van der Waals surface area contributed by atoms with Crippen LogP contribution in [-0.2, 0) is 0 Å². The maximum atomic E-state index is 5.90. The van der Waals surface area contributed by atoms with Gasteiger partial charge in [0, 0.05) is 6.04 Å². The van der Waals surface area contributed by atoms with E-state index in [4.69, 9.17) is 5.73 Å². The van der Waals surface area contributed by atoms with Gasteiger partial charge < -0.3 is 5.73 Å². The van der Waals surface area contributed by atoms with Gasteiger partial charge in [0.2, 0.25) is 0 Å². The highest BCUT2D eigenvalue weighted by molar-refractivity contribution is 4.96. The Morgan fingerprint density at radius 1 is 1.31 bits per heavy atom. The summed E-state index contributed by atoms with van der Waals surface area (Å²) in [6.45, 7) is 13.0. The SMILES string of the molecule is C=C(CCC[C@H](N)/C=C\C)CCC(C)(C)C. The van der Waals surface area contributed by atoms with Crippen molar-refractivity contribution < 1.29 is 0 Å². The third-order valence-corrected chi connectivity index (χ3v) is 2.74. The minimum absolute atomic E-state index is 0.223. The molecule has 0 amide bonds. The fourth-order valence-corrected chi connectivity index (χ4v) is 1.61. The van der Waals surface area contributed by atoms with E-state index >= 15 is 0 Å². The molecule has 0 spiro atoms. The molecule has 2 N–H and O–H groups in total. The molecule has 0 aromatic carbocycles. The Morgan fingerprint density at radius 2 is 1.94 bits per heavy atom. The lowest BCUT2D eigenvalue weighted by atomic mass is 9.88. The van der Waals surface area contributed by atoms with Crippen molar-refractivity contribution in [3.63, 3.8) is 0 Å². The van der Waals surface area contributed by atoms with Gasteiger partial charge in [0.05, 0.1) is 0 Å². The molecule has 0 unspecified atom stereocenters. The second kappa shape index (κ2) is 7.67. The van der Waals surface area contributed by atoms with E-state index in [0.29, 0.717) is 5.41 Å². The number of hydrogen-bond acceptors (Lipinski definition) is 1. The maximum Gasteiger partial charge on any atom is 0.0223 e. The summed E-state index contributed by atoms with van der Waals surface area (Å²) in [6.07, 6.45) is 9.83. The number of rotatable bonds is 7. The molecule has 0 aromatic rings. The third kappa shape index (κ3) is 9.97. The summed E-state index contributed by atoms with van der Waals surface area (Å²) < 4.78 is 0. The van der Waals surface area contributed by atoms with Gasteiger partial charge in [-0.2, -0.15) is 0 Å². The molecule has 1 nitrogen and oxygen atoms in total. The lowest BCUT2D eigenvalue weighted by Gasteiger charge is -2.18. The molecule has 0 aromatic heterocycles. The van der Waals surface area contributed by atoms with E-state index in [-0.39, 0.29) is 6.04 Å².